The van der Waals surface area contributed by atoms with E-state index in [4.69, 9.17) is 4.74 Å². The Hall–Kier alpha value is -2.28. The molecule has 0 unspecified atom stereocenters. The van der Waals surface area contributed by atoms with Gasteiger partial charge in [0.25, 0.3) is 11.8 Å². The highest BCUT2D eigenvalue weighted by atomic mass is 79.9. The van der Waals surface area contributed by atoms with Crippen LogP contribution in [0.15, 0.2) is 34.9 Å². The highest BCUT2D eigenvalue weighted by molar-refractivity contribution is 9.10. The fourth-order valence-electron chi connectivity index (χ4n) is 1.98. The van der Waals surface area contributed by atoms with Crippen LogP contribution in [0.1, 0.15) is 17.4 Å². The lowest BCUT2D eigenvalue weighted by Crippen LogP contribution is -2.34. The summed E-state index contributed by atoms with van der Waals surface area (Å²) in [7, 11) is 0. The Morgan fingerprint density at radius 1 is 1.38 bits per heavy atom. The van der Waals surface area contributed by atoms with E-state index in [-0.39, 0.29) is 11.8 Å². The van der Waals surface area contributed by atoms with E-state index >= 15 is 0 Å². The van der Waals surface area contributed by atoms with Crippen LogP contribution in [-0.4, -0.2) is 22.9 Å². The number of amides is 2. The lowest BCUT2D eigenvalue weighted by Gasteiger charge is -2.23. The smallest absolute Gasteiger partial charge is 0.272 e. The Kier molecular flexibility index (Phi) is 3.42. The summed E-state index contributed by atoms with van der Waals surface area (Å²) >= 11 is 3.27. The first-order chi connectivity index (χ1) is 10.0. The average Bonchev–Trinajstić information content (AvgIpc) is 2.87. The summed E-state index contributed by atoms with van der Waals surface area (Å²) < 4.78 is 6.25. The standard InChI is InChI=1S/C14H12BrN3O3/c1-7-13(19)18-10-5-9(2-3-12(10)21-7)17-14(20)11-4-8(15)6-16-11/h2-7,16H,1H3,(H,17,20)(H,18,19)/t7-/m0/s1. The second kappa shape index (κ2) is 5.25. The van der Waals surface area contributed by atoms with Gasteiger partial charge in [-0.1, -0.05) is 0 Å². The zero-order chi connectivity index (χ0) is 15.0. The van der Waals surface area contributed by atoms with Gasteiger partial charge in [0.05, 0.1) is 5.69 Å². The third kappa shape index (κ3) is 2.78. The molecule has 1 aliphatic heterocycles. The van der Waals surface area contributed by atoms with Crippen LogP contribution in [-0.2, 0) is 4.79 Å². The number of halogens is 1. The molecule has 2 heterocycles. The Bertz CT molecular complexity index is 726. The van der Waals surface area contributed by atoms with Crippen LogP contribution in [0.5, 0.6) is 5.75 Å². The maximum Gasteiger partial charge on any atom is 0.272 e. The summed E-state index contributed by atoms with van der Waals surface area (Å²) in [5.74, 6) is 0.110. The quantitative estimate of drug-likeness (QED) is 0.779. The fraction of sp³-hybridized carbons (Fsp3) is 0.143. The van der Waals surface area contributed by atoms with Crippen molar-refractivity contribution in [3.63, 3.8) is 0 Å². The molecule has 0 saturated heterocycles. The summed E-state index contributed by atoms with van der Waals surface area (Å²) in [5.41, 5.74) is 1.56. The topological polar surface area (TPSA) is 83.2 Å². The van der Waals surface area contributed by atoms with E-state index in [0.717, 1.165) is 4.47 Å². The van der Waals surface area contributed by atoms with Crippen LogP contribution in [0.2, 0.25) is 0 Å². The summed E-state index contributed by atoms with van der Waals surface area (Å²) in [6, 6.07) is 6.78. The monoisotopic (exact) mass is 349 g/mol. The largest absolute Gasteiger partial charge is 0.479 e. The van der Waals surface area contributed by atoms with Gasteiger partial charge in [-0.2, -0.15) is 0 Å². The second-order valence-corrected chi connectivity index (χ2v) is 5.56. The van der Waals surface area contributed by atoms with Crippen molar-refractivity contribution in [2.75, 3.05) is 10.6 Å². The molecule has 2 amide bonds. The van der Waals surface area contributed by atoms with Crippen LogP contribution in [0.4, 0.5) is 11.4 Å². The highest BCUT2D eigenvalue weighted by Gasteiger charge is 2.23. The van der Waals surface area contributed by atoms with Crippen LogP contribution in [0.3, 0.4) is 0 Å². The number of hydrogen-bond donors (Lipinski definition) is 3. The third-order valence-corrected chi connectivity index (χ3v) is 3.52. The molecule has 0 fully saturated rings. The van der Waals surface area contributed by atoms with Crippen LogP contribution in [0, 0.1) is 0 Å². The minimum absolute atomic E-state index is 0.209. The zero-order valence-electron chi connectivity index (χ0n) is 11.1. The average molecular weight is 350 g/mol. The Morgan fingerprint density at radius 2 is 2.19 bits per heavy atom. The van der Waals surface area contributed by atoms with Crippen molar-refractivity contribution in [1.29, 1.82) is 0 Å². The van der Waals surface area contributed by atoms with Gasteiger partial charge in [-0.25, -0.2) is 0 Å². The molecule has 1 aromatic heterocycles. The van der Waals surface area contributed by atoms with Gasteiger partial charge in [-0.05, 0) is 47.1 Å². The van der Waals surface area contributed by atoms with E-state index in [2.05, 4.69) is 31.5 Å². The van der Waals surface area contributed by atoms with Gasteiger partial charge in [-0.15, -0.1) is 0 Å². The van der Waals surface area contributed by atoms with Crippen molar-refractivity contribution in [3.8, 4) is 5.75 Å². The number of H-pyrrole nitrogens is 1. The molecule has 1 aliphatic rings. The van der Waals surface area contributed by atoms with Crippen LogP contribution < -0.4 is 15.4 Å². The zero-order valence-corrected chi connectivity index (χ0v) is 12.7. The number of fused-ring (bicyclic) bond motifs is 1. The molecule has 0 saturated carbocycles. The van der Waals surface area contributed by atoms with Crippen molar-refractivity contribution in [2.45, 2.75) is 13.0 Å². The maximum atomic E-state index is 12.0. The van der Waals surface area contributed by atoms with E-state index in [9.17, 15) is 9.59 Å². The minimum Gasteiger partial charge on any atom is -0.479 e. The molecule has 7 heteroatoms. The maximum absolute atomic E-state index is 12.0. The van der Waals surface area contributed by atoms with Crippen molar-refractivity contribution >= 4 is 39.1 Å². The molecule has 0 aliphatic carbocycles. The van der Waals surface area contributed by atoms with Gasteiger partial charge in [-0.3, -0.25) is 9.59 Å². The van der Waals surface area contributed by atoms with E-state index < -0.39 is 6.10 Å². The molecule has 2 aromatic rings. The lowest BCUT2D eigenvalue weighted by molar-refractivity contribution is -0.122. The van der Waals surface area contributed by atoms with Gasteiger partial charge in [0.15, 0.2) is 6.10 Å². The molecule has 0 radical (unpaired) electrons. The number of rotatable bonds is 2. The number of nitrogens with one attached hydrogen (secondary N) is 3. The molecule has 3 rings (SSSR count). The van der Waals surface area contributed by atoms with Gasteiger partial charge in [0.1, 0.15) is 11.4 Å². The molecule has 21 heavy (non-hydrogen) atoms. The van der Waals surface area contributed by atoms with Gasteiger partial charge in [0, 0.05) is 16.4 Å². The number of carbonyl (C=O) groups excluding carboxylic acids is 2. The summed E-state index contributed by atoms with van der Waals surface area (Å²) in [6.45, 7) is 1.68. The number of carbonyl (C=O) groups is 2. The first-order valence-electron chi connectivity index (χ1n) is 6.30. The number of aromatic nitrogens is 1. The summed E-state index contributed by atoms with van der Waals surface area (Å²) in [4.78, 5) is 26.5. The van der Waals surface area contributed by atoms with Crippen LogP contribution in [0.25, 0.3) is 0 Å². The second-order valence-electron chi connectivity index (χ2n) is 4.65. The Morgan fingerprint density at radius 3 is 2.90 bits per heavy atom. The summed E-state index contributed by atoms with van der Waals surface area (Å²) in [6.07, 6.45) is 1.16. The lowest BCUT2D eigenvalue weighted by atomic mass is 10.2. The van der Waals surface area contributed by atoms with Crippen molar-refractivity contribution < 1.29 is 14.3 Å². The first kappa shape index (κ1) is 13.7. The predicted molar refractivity (Wildman–Crippen MR) is 81.6 cm³/mol. The van der Waals surface area contributed by atoms with E-state index in [1.807, 2.05) is 0 Å². The number of anilines is 2. The summed E-state index contributed by atoms with van der Waals surface area (Å²) in [5, 5.41) is 5.49. The minimum atomic E-state index is -0.519. The van der Waals surface area contributed by atoms with E-state index in [0.29, 0.717) is 22.8 Å². The van der Waals surface area contributed by atoms with Crippen molar-refractivity contribution in [2.24, 2.45) is 0 Å². The molecular formula is C14H12BrN3O3. The molecular weight excluding hydrogens is 338 g/mol. The van der Waals surface area contributed by atoms with E-state index in [1.54, 1.807) is 37.4 Å². The molecule has 1 aromatic carbocycles. The van der Waals surface area contributed by atoms with Crippen LogP contribution >= 0.6 is 15.9 Å². The Labute approximate surface area is 129 Å². The molecule has 0 bridgehead atoms. The number of ether oxygens (including phenoxy) is 1. The SMILES string of the molecule is C[C@@H]1Oc2ccc(NC(=O)c3cc(Br)c[nH]3)cc2NC1=O. The third-order valence-electron chi connectivity index (χ3n) is 3.06. The van der Waals surface area contributed by atoms with Crippen molar-refractivity contribution in [1.82, 2.24) is 4.98 Å². The first-order valence-corrected chi connectivity index (χ1v) is 7.09. The molecule has 3 N–H and O–H groups in total. The molecule has 6 nitrogen and oxygen atoms in total. The fourth-order valence-corrected chi connectivity index (χ4v) is 2.33. The predicted octanol–water partition coefficient (Wildman–Crippen LogP) is 2.75. The van der Waals surface area contributed by atoms with Gasteiger partial charge in [0.2, 0.25) is 0 Å². The molecule has 108 valence electrons. The number of benzene rings is 1. The molecule has 1 atom stereocenters. The normalized spacial score (nSPS) is 16.7. The number of aromatic amines is 1. The van der Waals surface area contributed by atoms with Crippen molar-refractivity contribution in [3.05, 3.63) is 40.6 Å². The number of hydrogen-bond acceptors (Lipinski definition) is 3. The van der Waals surface area contributed by atoms with Gasteiger partial charge < -0.3 is 20.4 Å². The highest BCUT2D eigenvalue weighted by Crippen LogP contribution is 2.32. The van der Waals surface area contributed by atoms with Gasteiger partial charge >= 0.3 is 0 Å². The Balaban J connectivity index is 1.80. The molecule has 0 spiro atoms. The van der Waals surface area contributed by atoms with E-state index in [1.165, 1.54) is 0 Å².